The number of thioether (sulfide) groups is 2. The Morgan fingerprint density at radius 3 is 2.40 bits per heavy atom. The quantitative estimate of drug-likeness (QED) is 0.714. The molecule has 0 aromatic rings. The Kier molecular flexibility index (Phi) is 5.33. The van der Waals surface area contributed by atoms with Gasteiger partial charge in [0, 0.05) is 0 Å². The minimum atomic E-state index is -0.0405. The summed E-state index contributed by atoms with van der Waals surface area (Å²) in [5.41, 5.74) is 0. The third-order valence-corrected chi connectivity index (χ3v) is 6.72. The summed E-state index contributed by atoms with van der Waals surface area (Å²) in [6.45, 7) is 4.26. The van der Waals surface area contributed by atoms with Gasteiger partial charge >= 0.3 is 5.97 Å². The van der Waals surface area contributed by atoms with E-state index in [4.69, 9.17) is 4.74 Å². The number of ether oxygens (including phenoxy) is 1. The van der Waals surface area contributed by atoms with E-state index in [0.717, 1.165) is 12.8 Å². The smallest absolute Gasteiger partial charge is 0.310 e. The first-order valence-corrected chi connectivity index (χ1v) is 7.53. The molecule has 0 radical (unpaired) electrons. The van der Waals surface area contributed by atoms with Crippen LogP contribution in [-0.4, -0.2) is 28.7 Å². The molecule has 2 nitrogen and oxygen atoms in total. The highest BCUT2D eigenvalue weighted by Gasteiger charge is 2.43. The van der Waals surface area contributed by atoms with Gasteiger partial charge in [0.25, 0.3) is 0 Å². The monoisotopic (exact) mass is 248 g/mol. The van der Waals surface area contributed by atoms with Gasteiger partial charge in [-0.2, -0.15) is 0 Å². The fourth-order valence-corrected chi connectivity index (χ4v) is 5.66. The highest BCUT2D eigenvalue weighted by atomic mass is 32.2. The molecule has 0 aliphatic carbocycles. The van der Waals surface area contributed by atoms with Crippen LogP contribution in [-0.2, 0) is 9.53 Å². The third-order valence-electron chi connectivity index (χ3n) is 2.90. The highest BCUT2D eigenvalue weighted by Crippen LogP contribution is 2.51. The van der Waals surface area contributed by atoms with Crippen molar-refractivity contribution < 1.29 is 9.53 Å². The van der Waals surface area contributed by atoms with Gasteiger partial charge in [0.2, 0.25) is 0 Å². The number of rotatable bonds is 4. The molecule has 88 valence electrons. The molecule has 0 spiro atoms. The predicted octanol–water partition coefficient (Wildman–Crippen LogP) is 3.16. The molecule has 0 N–H and O–H groups in total. The third kappa shape index (κ3) is 2.84. The molecule has 0 bridgehead atoms. The van der Waals surface area contributed by atoms with Gasteiger partial charge < -0.3 is 4.74 Å². The SMILES string of the molecule is CCC(C(=O)OC)C1(CC)SCCCS1. The van der Waals surface area contributed by atoms with Crippen LogP contribution < -0.4 is 0 Å². The van der Waals surface area contributed by atoms with Crippen molar-refractivity contribution in [1.29, 1.82) is 0 Å². The lowest BCUT2D eigenvalue weighted by Gasteiger charge is -2.40. The maximum atomic E-state index is 11.8. The molecule has 1 aliphatic heterocycles. The van der Waals surface area contributed by atoms with Crippen LogP contribution >= 0.6 is 23.5 Å². The second kappa shape index (κ2) is 6.04. The molecule has 1 aliphatic rings. The highest BCUT2D eigenvalue weighted by molar-refractivity contribution is 8.18. The zero-order valence-corrected chi connectivity index (χ0v) is 11.4. The molecule has 1 unspecified atom stereocenters. The standard InChI is InChI=1S/C11H20O2S2/c1-4-9(10(12)13-3)11(5-2)14-7-6-8-15-11/h9H,4-8H2,1-3H3. The summed E-state index contributed by atoms with van der Waals surface area (Å²) < 4.78 is 4.99. The maximum Gasteiger partial charge on any atom is 0.310 e. The molecule has 1 rings (SSSR count). The lowest BCUT2D eigenvalue weighted by atomic mass is 9.99. The van der Waals surface area contributed by atoms with Gasteiger partial charge in [-0.3, -0.25) is 4.79 Å². The van der Waals surface area contributed by atoms with E-state index >= 15 is 0 Å². The van der Waals surface area contributed by atoms with Gasteiger partial charge in [0.15, 0.2) is 0 Å². The lowest BCUT2D eigenvalue weighted by Crippen LogP contribution is -2.39. The van der Waals surface area contributed by atoms with Crippen molar-refractivity contribution in [2.75, 3.05) is 18.6 Å². The van der Waals surface area contributed by atoms with E-state index in [-0.39, 0.29) is 16.0 Å². The van der Waals surface area contributed by atoms with Gasteiger partial charge in [0.1, 0.15) is 0 Å². The molecule has 1 fully saturated rings. The van der Waals surface area contributed by atoms with Gasteiger partial charge in [-0.05, 0) is 30.8 Å². The minimum absolute atomic E-state index is 0.0405. The van der Waals surface area contributed by atoms with Crippen LogP contribution in [0.1, 0.15) is 33.1 Å². The fourth-order valence-electron chi connectivity index (χ4n) is 2.04. The molecule has 0 aromatic heterocycles. The van der Waals surface area contributed by atoms with E-state index in [0.29, 0.717) is 0 Å². The van der Waals surface area contributed by atoms with Gasteiger partial charge in [-0.15, -0.1) is 23.5 Å². The second-order valence-corrected chi connectivity index (χ2v) is 6.81. The number of methoxy groups -OCH3 is 1. The number of esters is 1. The summed E-state index contributed by atoms with van der Waals surface area (Å²) in [4.78, 5) is 11.8. The maximum absolute atomic E-state index is 11.8. The van der Waals surface area contributed by atoms with E-state index in [2.05, 4.69) is 13.8 Å². The number of hydrogen-bond donors (Lipinski definition) is 0. The first-order chi connectivity index (χ1) is 7.20. The summed E-state index contributed by atoms with van der Waals surface area (Å²) >= 11 is 3.90. The molecule has 0 aromatic carbocycles. The Bertz CT molecular complexity index is 213. The molecule has 1 heterocycles. The Morgan fingerprint density at radius 1 is 1.40 bits per heavy atom. The molecule has 1 atom stereocenters. The molecular weight excluding hydrogens is 228 g/mol. The summed E-state index contributed by atoms with van der Waals surface area (Å²) in [5, 5.41) is 0. The van der Waals surface area contributed by atoms with E-state index < -0.39 is 0 Å². The second-order valence-electron chi connectivity index (χ2n) is 3.70. The summed E-state index contributed by atoms with van der Waals surface area (Å²) in [5.74, 6) is 2.35. The molecular formula is C11H20O2S2. The largest absolute Gasteiger partial charge is 0.469 e. The van der Waals surface area contributed by atoms with Crippen LogP contribution in [0.4, 0.5) is 0 Å². The predicted molar refractivity (Wildman–Crippen MR) is 68.4 cm³/mol. The van der Waals surface area contributed by atoms with E-state index in [1.54, 1.807) is 0 Å². The topological polar surface area (TPSA) is 26.3 Å². The Labute approximate surface area is 101 Å². The molecule has 1 saturated heterocycles. The first-order valence-electron chi connectivity index (χ1n) is 5.56. The van der Waals surface area contributed by atoms with Crippen molar-refractivity contribution in [1.82, 2.24) is 0 Å². The van der Waals surface area contributed by atoms with Crippen LogP contribution in [0.5, 0.6) is 0 Å². The Hall–Kier alpha value is 0.170. The number of carbonyl (C=O) groups is 1. The van der Waals surface area contributed by atoms with Crippen LogP contribution in [0.2, 0.25) is 0 Å². The van der Waals surface area contributed by atoms with Crippen molar-refractivity contribution >= 4 is 29.5 Å². The molecule has 4 heteroatoms. The summed E-state index contributed by atoms with van der Waals surface area (Å²) in [6.07, 6.45) is 3.17. The van der Waals surface area contributed by atoms with Crippen molar-refractivity contribution in [2.24, 2.45) is 5.92 Å². The van der Waals surface area contributed by atoms with E-state index in [9.17, 15) is 4.79 Å². The minimum Gasteiger partial charge on any atom is -0.469 e. The van der Waals surface area contributed by atoms with Crippen LogP contribution in [0.3, 0.4) is 0 Å². The average Bonchev–Trinajstić information content (AvgIpc) is 2.30. The molecule has 15 heavy (non-hydrogen) atoms. The van der Waals surface area contributed by atoms with Crippen LogP contribution in [0.25, 0.3) is 0 Å². The summed E-state index contributed by atoms with van der Waals surface area (Å²) in [7, 11) is 1.49. The van der Waals surface area contributed by atoms with Crippen LogP contribution in [0.15, 0.2) is 0 Å². The zero-order chi connectivity index (χ0) is 11.3. The van der Waals surface area contributed by atoms with Crippen LogP contribution in [0, 0.1) is 5.92 Å². The van der Waals surface area contributed by atoms with Crippen molar-refractivity contribution in [3.8, 4) is 0 Å². The molecule has 0 amide bonds. The Balaban J connectivity index is 2.80. The van der Waals surface area contributed by atoms with Gasteiger partial charge in [-0.1, -0.05) is 13.8 Å². The average molecular weight is 248 g/mol. The number of carbonyl (C=O) groups excluding carboxylic acids is 1. The first kappa shape index (κ1) is 13.2. The Morgan fingerprint density at radius 2 is 2.00 bits per heavy atom. The van der Waals surface area contributed by atoms with Gasteiger partial charge in [-0.25, -0.2) is 0 Å². The summed E-state index contributed by atoms with van der Waals surface area (Å²) in [6, 6.07) is 0. The number of hydrogen-bond acceptors (Lipinski definition) is 4. The van der Waals surface area contributed by atoms with Gasteiger partial charge in [0.05, 0.1) is 17.1 Å². The zero-order valence-electron chi connectivity index (χ0n) is 9.75. The lowest BCUT2D eigenvalue weighted by molar-refractivity contribution is -0.145. The normalized spacial score (nSPS) is 22.1. The molecule has 0 saturated carbocycles. The van der Waals surface area contributed by atoms with E-state index in [1.807, 2.05) is 23.5 Å². The van der Waals surface area contributed by atoms with E-state index in [1.165, 1.54) is 25.0 Å². The fraction of sp³-hybridized carbons (Fsp3) is 0.909. The van der Waals surface area contributed by atoms with Crippen molar-refractivity contribution in [2.45, 2.75) is 37.2 Å². The van der Waals surface area contributed by atoms with Crippen molar-refractivity contribution in [3.05, 3.63) is 0 Å². The van der Waals surface area contributed by atoms with Crippen molar-refractivity contribution in [3.63, 3.8) is 0 Å².